The molecule has 0 unspecified atom stereocenters. The van der Waals surface area contributed by atoms with Crippen molar-refractivity contribution in [1.82, 2.24) is 15.0 Å². The van der Waals surface area contributed by atoms with E-state index in [4.69, 9.17) is 0 Å². The third-order valence-electron chi connectivity index (χ3n) is 3.16. The van der Waals surface area contributed by atoms with Crippen LogP contribution in [0, 0.1) is 24.2 Å². The smallest absolute Gasteiger partial charge is 0.190 e. The maximum atomic E-state index is 9.20. The number of hydrogen-bond donors (Lipinski definition) is 0. The zero-order valence-electron chi connectivity index (χ0n) is 11.6. The van der Waals surface area contributed by atoms with E-state index in [0.29, 0.717) is 11.6 Å². The number of hydrogen-bond acceptors (Lipinski definition) is 3. The van der Waals surface area contributed by atoms with Gasteiger partial charge in [-0.05, 0) is 24.8 Å². The van der Waals surface area contributed by atoms with E-state index in [2.05, 4.69) is 30.2 Å². The van der Waals surface area contributed by atoms with Crippen molar-refractivity contribution in [2.24, 2.45) is 5.92 Å². The molecule has 0 radical (unpaired) electrons. The second-order valence-corrected chi connectivity index (χ2v) is 5.12. The molecular weight excluding hydrogens is 236 g/mol. The molecule has 2 rings (SSSR count). The molecule has 1 aromatic heterocycles. The average Bonchev–Trinajstić information content (AvgIpc) is 2.79. The van der Waals surface area contributed by atoms with E-state index in [1.54, 1.807) is 0 Å². The molecule has 1 heterocycles. The summed E-state index contributed by atoms with van der Waals surface area (Å²) in [6, 6.07) is 10.2. The Bertz CT molecular complexity index is 605. The molecule has 0 saturated carbocycles. The molecule has 0 atom stereocenters. The van der Waals surface area contributed by atoms with Crippen LogP contribution in [0.3, 0.4) is 0 Å². The summed E-state index contributed by atoms with van der Waals surface area (Å²) < 4.78 is 1.85. The van der Waals surface area contributed by atoms with Crippen LogP contribution in [0.1, 0.15) is 31.5 Å². The molecule has 0 saturated heterocycles. The Morgan fingerprint density at radius 2 is 2.05 bits per heavy atom. The van der Waals surface area contributed by atoms with Crippen molar-refractivity contribution in [3.05, 3.63) is 35.5 Å². The largest absolute Gasteiger partial charge is 0.243 e. The number of aromatic nitrogens is 3. The van der Waals surface area contributed by atoms with Gasteiger partial charge in [0.05, 0.1) is 0 Å². The molecule has 0 bridgehead atoms. The van der Waals surface area contributed by atoms with Gasteiger partial charge in [0, 0.05) is 12.1 Å². The van der Waals surface area contributed by atoms with Crippen LogP contribution in [0.15, 0.2) is 24.3 Å². The highest BCUT2D eigenvalue weighted by Crippen LogP contribution is 2.25. The van der Waals surface area contributed by atoms with Gasteiger partial charge in [0.25, 0.3) is 0 Å². The van der Waals surface area contributed by atoms with Crippen LogP contribution < -0.4 is 0 Å². The van der Waals surface area contributed by atoms with Gasteiger partial charge in [-0.1, -0.05) is 43.3 Å². The fraction of sp³-hybridized carbons (Fsp3) is 0.400. The monoisotopic (exact) mass is 254 g/mol. The summed E-state index contributed by atoms with van der Waals surface area (Å²) in [6.45, 7) is 7.18. The lowest BCUT2D eigenvalue weighted by Crippen LogP contribution is -2.06. The minimum atomic E-state index is 0.401. The van der Waals surface area contributed by atoms with Crippen LogP contribution in [0.25, 0.3) is 11.3 Å². The summed E-state index contributed by atoms with van der Waals surface area (Å²) in [5.41, 5.74) is 3.40. The first-order valence-corrected chi connectivity index (χ1v) is 6.53. The molecule has 0 aliphatic rings. The van der Waals surface area contributed by atoms with E-state index >= 15 is 0 Å². The minimum absolute atomic E-state index is 0.401. The summed E-state index contributed by atoms with van der Waals surface area (Å²) in [7, 11) is 0. The van der Waals surface area contributed by atoms with E-state index in [1.165, 1.54) is 0 Å². The lowest BCUT2D eigenvalue weighted by atomic mass is 10.0. The van der Waals surface area contributed by atoms with E-state index in [0.717, 1.165) is 29.8 Å². The van der Waals surface area contributed by atoms with Crippen molar-refractivity contribution in [2.45, 2.75) is 33.7 Å². The van der Waals surface area contributed by atoms with Crippen molar-refractivity contribution in [3.63, 3.8) is 0 Å². The summed E-state index contributed by atoms with van der Waals surface area (Å²) in [5, 5.41) is 17.3. The molecule has 1 aromatic carbocycles. The maximum absolute atomic E-state index is 9.20. The van der Waals surface area contributed by atoms with Crippen molar-refractivity contribution < 1.29 is 0 Å². The molecule has 2 aromatic rings. The van der Waals surface area contributed by atoms with Gasteiger partial charge in [-0.2, -0.15) is 5.26 Å². The number of nitriles is 1. The van der Waals surface area contributed by atoms with Gasteiger partial charge in [0.15, 0.2) is 5.69 Å². The summed E-state index contributed by atoms with van der Waals surface area (Å²) in [4.78, 5) is 0. The number of rotatable bonds is 4. The van der Waals surface area contributed by atoms with Crippen molar-refractivity contribution in [2.75, 3.05) is 0 Å². The van der Waals surface area contributed by atoms with Crippen molar-refractivity contribution >= 4 is 0 Å². The fourth-order valence-corrected chi connectivity index (χ4v) is 2.03. The molecular formula is C15H18N4. The molecule has 0 aliphatic heterocycles. The van der Waals surface area contributed by atoms with E-state index in [9.17, 15) is 5.26 Å². The average molecular weight is 254 g/mol. The third kappa shape index (κ3) is 2.82. The van der Waals surface area contributed by atoms with E-state index in [1.807, 2.05) is 35.9 Å². The molecule has 0 aliphatic carbocycles. The molecule has 98 valence electrons. The Balaban J connectivity index is 2.46. The van der Waals surface area contributed by atoms with Crippen LogP contribution in [-0.2, 0) is 6.54 Å². The first-order chi connectivity index (χ1) is 9.13. The predicted molar refractivity (Wildman–Crippen MR) is 74.4 cm³/mol. The molecule has 0 amide bonds. The Morgan fingerprint density at radius 3 is 2.68 bits per heavy atom. The topological polar surface area (TPSA) is 54.5 Å². The van der Waals surface area contributed by atoms with Crippen LogP contribution in [0.2, 0.25) is 0 Å². The van der Waals surface area contributed by atoms with Crippen LogP contribution >= 0.6 is 0 Å². The van der Waals surface area contributed by atoms with E-state index in [-0.39, 0.29) is 0 Å². The van der Waals surface area contributed by atoms with E-state index < -0.39 is 0 Å². The lowest BCUT2D eigenvalue weighted by molar-refractivity contribution is 0.481. The van der Waals surface area contributed by atoms with Crippen LogP contribution in [0.4, 0.5) is 0 Å². The summed E-state index contributed by atoms with van der Waals surface area (Å²) in [6.07, 6.45) is 1.02. The highest BCUT2D eigenvalue weighted by molar-refractivity contribution is 5.68. The first kappa shape index (κ1) is 13.3. The fourth-order valence-electron chi connectivity index (χ4n) is 2.03. The first-order valence-electron chi connectivity index (χ1n) is 6.53. The standard InChI is InChI=1S/C15H18N4/c1-11(2)8-9-19-15(14(10-16)17-18-19)13-7-5-4-6-12(13)3/h4-7,11H,8-9H2,1-3H3. The second kappa shape index (κ2) is 5.66. The Morgan fingerprint density at radius 1 is 1.32 bits per heavy atom. The second-order valence-electron chi connectivity index (χ2n) is 5.12. The number of nitrogens with zero attached hydrogens (tertiary/aromatic N) is 4. The Labute approximate surface area is 113 Å². The Kier molecular flexibility index (Phi) is 3.96. The molecule has 0 spiro atoms. The zero-order valence-corrected chi connectivity index (χ0v) is 11.6. The van der Waals surface area contributed by atoms with Gasteiger partial charge < -0.3 is 0 Å². The summed E-state index contributed by atoms with van der Waals surface area (Å²) in [5.74, 6) is 0.597. The Hall–Kier alpha value is -2.15. The predicted octanol–water partition coefficient (Wildman–Crippen LogP) is 3.17. The van der Waals surface area contributed by atoms with Gasteiger partial charge >= 0.3 is 0 Å². The zero-order chi connectivity index (χ0) is 13.8. The van der Waals surface area contributed by atoms with Gasteiger partial charge in [0.1, 0.15) is 11.8 Å². The molecule has 4 heteroatoms. The van der Waals surface area contributed by atoms with Crippen LogP contribution in [-0.4, -0.2) is 15.0 Å². The maximum Gasteiger partial charge on any atom is 0.190 e. The van der Waals surface area contributed by atoms with Gasteiger partial charge in [-0.3, -0.25) is 0 Å². The van der Waals surface area contributed by atoms with Crippen LogP contribution in [0.5, 0.6) is 0 Å². The summed E-state index contributed by atoms with van der Waals surface area (Å²) >= 11 is 0. The minimum Gasteiger partial charge on any atom is -0.243 e. The van der Waals surface area contributed by atoms with Crippen molar-refractivity contribution in [3.8, 4) is 17.3 Å². The number of aryl methyl sites for hydroxylation is 2. The van der Waals surface area contributed by atoms with Crippen molar-refractivity contribution in [1.29, 1.82) is 5.26 Å². The molecule has 0 N–H and O–H groups in total. The third-order valence-corrected chi connectivity index (χ3v) is 3.16. The number of benzene rings is 1. The van der Waals surface area contributed by atoms with Gasteiger partial charge in [-0.25, -0.2) is 4.68 Å². The highest BCUT2D eigenvalue weighted by Gasteiger charge is 2.16. The van der Waals surface area contributed by atoms with Gasteiger partial charge in [0.2, 0.25) is 0 Å². The molecule has 19 heavy (non-hydrogen) atoms. The quantitative estimate of drug-likeness (QED) is 0.842. The highest BCUT2D eigenvalue weighted by atomic mass is 15.4. The molecule has 0 fully saturated rings. The molecule has 4 nitrogen and oxygen atoms in total. The van der Waals surface area contributed by atoms with Gasteiger partial charge in [-0.15, -0.1) is 5.10 Å². The lowest BCUT2D eigenvalue weighted by Gasteiger charge is -2.10. The normalized spacial score (nSPS) is 10.7. The SMILES string of the molecule is Cc1ccccc1-c1c(C#N)nnn1CCC(C)C.